The summed E-state index contributed by atoms with van der Waals surface area (Å²) in [6.07, 6.45) is 1.86. The molecule has 1 aliphatic heterocycles. The third-order valence-electron chi connectivity index (χ3n) is 3.83. The fourth-order valence-corrected chi connectivity index (χ4v) is 3.18. The molecule has 1 heterocycles. The quantitative estimate of drug-likeness (QED) is 0.769. The summed E-state index contributed by atoms with van der Waals surface area (Å²) in [6, 6.07) is 15.3. The Kier molecular flexibility index (Phi) is 4.95. The first kappa shape index (κ1) is 16.0. The molecule has 0 bridgehead atoms. The number of para-hydroxylation sites is 1. The van der Waals surface area contributed by atoms with Gasteiger partial charge in [0.05, 0.1) is 12.1 Å². The molecule has 1 aliphatic rings. The van der Waals surface area contributed by atoms with Crippen LogP contribution in [-0.4, -0.2) is 18.4 Å². The van der Waals surface area contributed by atoms with Crippen molar-refractivity contribution in [3.8, 4) is 0 Å². The van der Waals surface area contributed by atoms with E-state index < -0.39 is 0 Å². The van der Waals surface area contributed by atoms with Gasteiger partial charge in [-0.25, -0.2) is 0 Å². The average Bonchev–Trinajstić information content (AvgIpc) is 2.96. The van der Waals surface area contributed by atoms with E-state index in [9.17, 15) is 9.59 Å². The molecule has 0 aliphatic carbocycles. The summed E-state index contributed by atoms with van der Waals surface area (Å²) < 4.78 is 1.02. The van der Waals surface area contributed by atoms with Gasteiger partial charge < -0.3 is 10.2 Å². The lowest BCUT2D eigenvalue weighted by molar-refractivity contribution is -0.117. The van der Waals surface area contributed by atoms with Crippen LogP contribution in [0.15, 0.2) is 48.5 Å². The van der Waals surface area contributed by atoms with Gasteiger partial charge in [-0.15, -0.1) is 0 Å². The number of halogens is 1. The molecule has 1 fully saturated rings. The van der Waals surface area contributed by atoms with Crippen molar-refractivity contribution in [2.45, 2.75) is 19.3 Å². The predicted octanol–water partition coefficient (Wildman–Crippen LogP) is 3.60. The zero-order valence-electron chi connectivity index (χ0n) is 12.6. The average molecular weight is 420 g/mol. The number of carbonyl (C=O) groups excluding carboxylic acids is 2. The Balaban J connectivity index is 1.63. The van der Waals surface area contributed by atoms with Gasteiger partial charge in [-0.2, -0.15) is 0 Å². The highest BCUT2D eigenvalue weighted by molar-refractivity contribution is 14.1. The first-order chi connectivity index (χ1) is 11.1. The van der Waals surface area contributed by atoms with E-state index in [0.29, 0.717) is 12.8 Å². The molecule has 0 spiro atoms. The van der Waals surface area contributed by atoms with Crippen molar-refractivity contribution >= 4 is 45.8 Å². The lowest BCUT2D eigenvalue weighted by Crippen LogP contribution is -2.23. The Morgan fingerprint density at radius 3 is 2.52 bits per heavy atom. The first-order valence-electron chi connectivity index (χ1n) is 7.57. The first-order valence-corrected chi connectivity index (χ1v) is 8.65. The fraction of sp³-hybridized carbons (Fsp3) is 0.222. The molecular weight excluding hydrogens is 403 g/mol. The van der Waals surface area contributed by atoms with Crippen LogP contribution in [0.5, 0.6) is 0 Å². The summed E-state index contributed by atoms with van der Waals surface area (Å²) >= 11 is 2.20. The number of carbonyl (C=O) groups is 2. The molecule has 3 rings (SSSR count). The van der Waals surface area contributed by atoms with Gasteiger partial charge >= 0.3 is 0 Å². The molecule has 1 saturated heterocycles. The Bertz CT molecular complexity index is 728. The number of hydrogen-bond acceptors (Lipinski definition) is 2. The highest BCUT2D eigenvalue weighted by Gasteiger charge is 2.21. The lowest BCUT2D eigenvalue weighted by Gasteiger charge is -2.16. The number of hydrogen-bond donors (Lipinski definition) is 1. The number of amides is 2. The highest BCUT2D eigenvalue weighted by Crippen LogP contribution is 2.22. The standard InChI is InChI=1S/C18H17IN2O2/c19-15-4-1-2-5-16(15)20-17(22)12-13-7-9-14(10-8-13)21-11-3-6-18(21)23/h1-2,4-5,7-10H,3,6,11-12H2,(H,20,22). The molecule has 0 radical (unpaired) electrons. The molecule has 23 heavy (non-hydrogen) atoms. The Morgan fingerprint density at radius 2 is 1.87 bits per heavy atom. The van der Waals surface area contributed by atoms with E-state index in [1.165, 1.54) is 0 Å². The molecule has 4 nitrogen and oxygen atoms in total. The van der Waals surface area contributed by atoms with Crippen molar-refractivity contribution in [3.05, 3.63) is 57.7 Å². The van der Waals surface area contributed by atoms with E-state index in [-0.39, 0.29) is 11.8 Å². The second-order valence-corrected chi connectivity index (χ2v) is 6.68. The van der Waals surface area contributed by atoms with Crippen molar-refractivity contribution in [3.63, 3.8) is 0 Å². The van der Waals surface area contributed by atoms with Crippen LogP contribution >= 0.6 is 22.6 Å². The summed E-state index contributed by atoms with van der Waals surface area (Å²) in [4.78, 5) is 25.7. The van der Waals surface area contributed by atoms with Crippen LogP contribution in [0.4, 0.5) is 11.4 Å². The minimum Gasteiger partial charge on any atom is -0.325 e. The molecule has 0 atom stereocenters. The summed E-state index contributed by atoms with van der Waals surface area (Å²) in [7, 11) is 0. The predicted molar refractivity (Wildman–Crippen MR) is 99.5 cm³/mol. The van der Waals surface area contributed by atoms with Gasteiger partial charge in [-0.05, 0) is 58.8 Å². The largest absolute Gasteiger partial charge is 0.325 e. The van der Waals surface area contributed by atoms with Crippen molar-refractivity contribution in [1.82, 2.24) is 0 Å². The number of benzene rings is 2. The van der Waals surface area contributed by atoms with E-state index in [4.69, 9.17) is 0 Å². The third-order valence-corrected chi connectivity index (χ3v) is 4.77. The van der Waals surface area contributed by atoms with Crippen LogP contribution < -0.4 is 10.2 Å². The number of rotatable bonds is 4. The molecule has 2 aromatic carbocycles. The zero-order valence-corrected chi connectivity index (χ0v) is 14.7. The van der Waals surface area contributed by atoms with Crippen molar-refractivity contribution in [1.29, 1.82) is 0 Å². The lowest BCUT2D eigenvalue weighted by atomic mass is 10.1. The molecule has 0 saturated carbocycles. The van der Waals surface area contributed by atoms with Gasteiger partial charge in [-0.3, -0.25) is 9.59 Å². The van der Waals surface area contributed by atoms with Gasteiger partial charge in [-0.1, -0.05) is 24.3 Å². The number of anilines is 2. The van der Waals surface area contributed by atoms with Crippen LogP contribution in [0.2, 0.25) is 0 Å². The summed E-state index contributed by atoms with van der Waals surface area (Å²) in [5, 5.41) is 2.92. The van der Waals surface area contributed by atoms with Crippen LogP contribution in [0.25, 0.3) is 0 Å². The highest BCUT2D eigenvalue weighted by atomic mass is 127. The Hall–Kier alpha value is -1.89. The van der Waals surface area contributed by atoms with E-state index in [1.807, 2.05) is 48.5 Å². The van der Waals surface area contributed by atoms with Gasteiger partial charge in [0.2, 0.25) is 11.8 Å². The maximum Gasteiger partial charge on any atom is 0.228 e. The minimum absolute atomic E-state index is 0.0425. The van der Waals surface area contributed by atoms with Crippen LogP contribution in [0.1, 0.15) is 18.4 Å². The van der Waals surface area contributed by atoms with Crippen LogP contribution in [-0.2, 0) is 16.0 Å². The molecule has 118 valence electrons. The van der Waals surface area contributed by atoms with Crippen molar-refractivity contribution in [2.24, 2.45) is 0 Å². The smallest absolute Gasteiger partial charge is 0.228 e. The summed E-state index contributed by atoms with van der Waals surface area (Å²) in [5.74, 6) is 0.133. The monoisotopic (exact) mass is 420 g/mol. The molecule has 1 N–H and O–H groups in total. The van der Waals surface area contributed by atoms with Crippen molar-refractivity contribution in [2.75, 3.05) is 16.8 Å². The Labute approximate surface area is 149 Å². The molecular formula is C18H17IN2O2. The normalized spacial score (nSPS) is 14.1. The summed E-state index contributed by atoms with van der Waals surface area (Å²) in [6.45, 7) is 0.783. The number of nitrogens with zero attached hydrogens (tertiary/aromatic N) is 1. The molecule has 5 heteroatoms. The van der Waals surface area contributed by atoms with Gasteiger partial charge in [0.25, 0.3) is 0 Å². The van der Waals surface area contributed by atoms with Gasteiger partial charge in [0.15, 0.2) is 0 Å². The molecule has 0 aromatic heterocycles. The SMILES string of the molecule is O=C(Cc1ccc(N2CCCC2=O)cc1)Nc1ccccc1I. The number of nitrogens with one attached hydrogen (secondary N) is 1. The second kappa shape index (κ2) is 7.12. The van der Waals surface area contributed by atoms with E-state index in [0.717, 1.165) is 33.5 Å². The van der Waals surface area contributed by atoms with Gasteiger partial charge in [0.1, 0.15) is 0 Å². The van der Waals surface area contributed by atoms with E-state index in [2.05, 4.69) is 27.9 Å². The topological polar surface area (TPSA) is 49.4 Å². The maximum atomic E-state index is 12.1. The van der Waals surface area contributed by atoms with E-state index in [1.54, 1.807) is 4.90 Å². The fourth-order valence-electron chi connectivity index (χ4n) is 2.66. The second-order valence-electron chi connectivity index (χ2n) is 5.52. The maximum absolute atomic E-state index is 12.1. The summed E-state index contributed by atoms with van der Waals surface area (Å²) in [5.41, 5.74) is 2.68. The van der Waals surface area contributed by atoms with Crippen LogP contribution in [0.3, 0.4) is 0 Å². The Morgan fingerprint density at radius 1 is 1.13 bits per heavy atom. The molecule has 0 unspecified atom stereocenters. The van der Waals surface area contributed by atoms with Crippen molar-refractivity contribution < 1.29 is 9.59 Å². The zero-order chi connectivity index (χ0) is 16.2. The van der Waals surface area contributed by atoms with Crippen LogP contribution in [0, 0.1) is 3.57 Å². The minimum atomic E-state index is -0.0425. The molecule has 2 amide bonds. The molecule has 2 aromatic rings. The third kappa shape index (κ3) is 3.90. The van der Waals surface area contributed by atoms with Gasteiger partial charge in [0, 0.05) is 22.2 Å². The van der Waals surface area contributed by atoms with E-state index >= 15 is 0 Å².